The Kier molecular flexibility index (Phi) is 13.4. The molecule has 4 rings (SSSR count). The van der Waals surface area contributed by atoms with Crippen molar-refractivity contribution in [2.24, 2.45) is 0 Å². The predicted molar refractivity (Wildman–Crippen MR) is 119 cm³/mol. The molecule has 0 aliphatic rings. The number of benzene rings is 3. The summed E-state index contributed by atoms with van der Waals surface area (Å²) in [6.45, 7) is 4.61. The van der Waals surface area contributed by atoms with E-state index in [9.17, 15) is 0 Å². The fraction of sp³-hybridized carbons (Fsp3) is 0.179. The van der Waals surface area contributed by atoms with Gasteiger partial charge in [0.2, 0.25) is 0 Å². The van der Waals surface area contributed by atoms with Crippen LogP contribution >= 0.6 is 0 Å². The van der Waals surface area contributed by atoms with Gasteiger partial charge in [-0.2, -0.15) is 11.6 Å². The summed E-state index contributed by atoms with van der Waals surface area (Å²) in [5, 5.41) is 0. The summed E-state index contributed by atoms with van der Waals surface area (Å²) >= 11 is 0. The molecule has 0 saturated heterocycles. The van der Waals surface area contributed by atoms with Crippen molar-refractivity contribution in [2.75, 3.05) is 0 Å². The van der Waals surface area contributed by atoms with Gasteiger partial charge in [-0.25, -0.2) is 12.1 Å². The number of halogens is 3. The summed E-state index contributed by atoms with van der Waals surface area (Å²) in [7, 11) is 0. The van der Waals surface area contributed by atoms with Gasteiger partial charge in [0.1, 0.15) is 0 Å². The molecule has 1 unspecified atom stereocenters. The van der Waals surface area contributed by atoms with Crippen LogP contribution in [0, 0.1) is 0 Å². The molecule has 0 N–H and O–H groups in total. The molecule has 0 bridgehead atoms. The molecule has 4 heteroatoms. The van der Waals surface area contributed by atoms with Crippen LogP contribution in [0.15, 0.2) is 109 Å². The maximum absolute atomic E-state index is 2.34. The molecule has 0 aromatic heterocycles. The minimum Gasteiger partial charge on any atom is -1.00 e. The summed E-state index contributed by atoms with van der Waals surface area (Å²) in [6.07, 6.45) is 1.13. The van der Waals surface area contributed by atoms with Crippen molar-refractivity contribution in [3.8, 4) is 0 Å². The van der Waals surface area contributed by atoms with Crippen LogP contribution in [0.1, 0.15) is 54.0 Å². The minimum atomic E-state index is -0.327. The van der Waals surface area contributed by atoms with Crippen molar-refractivity contribution in [3.63, 3.8) is 0 Å². The van der Waals surface area contributed by atoms with Crippen LogP contribution in [0.25, 0.3) is 0 Å². The van der Waals surface area contributed by atoms with Gasteiger partial charge in [-0.15, -0.1) is 5.56 Å². The Hall–Kier alpha value is -1.41. The van der Waals surface area contributed by atoms with Crippen LogP contribution in [0.4, 0.5) is 0 Å². The molecule has 0 saturated carbocycles. The third-order valence-corrected chi connectivity index (χ3v) is 6.02. The van der Waals surface area contributed by atoms with E-state index in [1.54, 1.807) is 0 Å². The third kappa shape index (κ3) is 5.56. The molecule has 32 heavy (non-hydrogen) atoms. The molecule has 4 aromatic carbocycles. The van der Waals surface area contributed by atoms with Gasteiger partial charge in [0.15, 0.2) is 0 Å². The van der Waals surface area contributed by atoms with Gasteiger partial charge in [-0.05, 0) is 22.6 Å². The Balaban J connectivity index is 0.00000240. The van der Waals surface area contributed by atoms with Crippen molar-refractivity contribution in [2.45, 2.75) is 31.6 Å². The maximum atomic E-state index is 2.34. The average molecular weight is 518 g/mol. The summed E-state index contributed by atoms with van der Waals surface area (Å²) < 4.78 is 0. The second-order valence-corrected chi connectivity index (χ2v) is 7.55. The largest absolute Gasteiger partial charge is 4.00 e. The van der Waals surface area contributed by atoms with E-state index in [1.807, 2.05) is 0 Å². The molecule has 0 amide bonds. The molecule has 0 aliphatic heterocycles. The normalized spacial score (nSPS) is 11.1. The standard InChI is InChI=1S/C28H27.3ClH.Ti/c1-3-22(2)26-20-13-21-27(26)28(23-14-7-4-8-15-23,24-16-9-5-10-17-24)25-18-11-6-12-19-25;;;;/h4-22H,3H2,1-2H3;3*1H;/q-1;;;;+4/p-3. The van der Waals surface area contributed by atoms with E-state index in [4.69, 9.17) is 0 Å². The molecular weight excluding hydrogens is 491 g/mol. The Morgan fingerprint density at radius 3 is 1.34 bits per heavy atom. The van der Waals surface area contributed by atoms with Crippen molar-refractivity contribution in [1.29, 1.82) is 0 Å². The second kappa shape index (κ2) is 14.0. The van der Waals surface area contributed by atoms with E-state index in [0.717, 1.165) is 6.42 Å². The van der Waals surface area contributed by atoms with E-state index in [0.29, 0.717) is 5.92 Å². The summed E-state index contributed by atoms with van der Waals surface area (Å²) in [6, 6.07) is 39.7. The topological polar surface area (TPSA) is 0 Å². The van der Waals surface area contributed by atoms with E-state index < -0.39 is 0 Å². The summed E-state index contributed by atoms with van der Waals surface area (Å²) in [5.41, 5.74) is 6.44. The number of hydrogen-bond donors (Lipinski definition) is 0. The molecular formula is C28H27Cl3Ti. The Bertz CT molecular complexity index is 918. The molecule has 0 radical (unpaired) electrons. The van der Waals surface area contributed by atoms with Crippen LogP contribution in [-0.2, 0) is 27.1 Å². The Morgan fingerprint density at radius 1 is 0.625 bits per heavy atom. The van der Waals surface area contributed by atoms with Crippen LogP contribution in [0.3, 0.4) is 0 Å². The van der Waals surface area contributed by atoms with E-state index in [1.165, 1.54) is 27.8 Å². The van der Waals surface area contributed by atoms with Crippen LogP contribution in [0.5, 0.6) is 0 Å². The molecule has 0 fully saturated rings. The van der Waals surface area contributed by atoms with Crippen molar-refractivity contribution >= 4 is 0 Å². The molecule has 0 heterocycles. The molecule has 0 nitrogen and oxygen atoms in total. The first-order valence-electron chi connectivity index (χ1n) is 10.2. The van der Waals surface area contributed by atoms with Crippen LogP contribution in [-0.4, -0.2) is 0 Å². The van der Waals surface area contributed by atoms with Crippen molar-refractivity contribution in [3.05, 3.63) is 137 Å². The zero-order valence-electron chi connectivity index (χ0n) is 18.3. The first-order valence-corrected chi connectivity index (χ1v) is 10.2. The first-order chi connectivity index (χ1) is 13.8. The third-order valence-electron chi connectivity index (χ3n) is 6.02. The zero-order valence-corrected chi connectivity index (χ0v) is 22.1. The monoisotopic (exact) mass is 516 g/mol. The van der Waals surface area contributed by atoms with Gasteiger partial charge in [0, 0.05) is 5.41 Å². The van der Waals surface area contributed by atoms with Crippen LogP contribution in [0.2, 0.25) is 0 Å². The van der Waals surface area contributed by atoms with E-state index in [2.05, 4.69) is 123 Å². The Labute approximate surface area is 226 Å². The molecule has 0 aliphatic carbocycles. The fourth-order valence-corrected chi connectivity index (χ4v) is 4.46. The van der Waals surface area contributed by atoms with E-state index in [-0.39, 0.29) is 64.4 Å². The summed E-state index contributed by atoms with van der Waals surface area (Å²) in [5.74, 6) is 0.514. The van der Waals surface area contributed by atoms with Gasteiger partial charge in [-0.3, -0.25) is 0 Å². The molecule has 1 atom stereocenters. The van der Waals surface area contributed by atoms with Crippen LogP contribution < -0.4 is 37.2 Å². The van der Waals surface area contributed by atoms with Crippen molar-refractivity contribution < 1.29 is 58.9 Å². The minimum absolute atomic E-state index is 0. The second-order valence-electron chi connectivity index (χ2n) is 7.55. The van der Waals surface area contributed by atoms with Gasteiger partial charge in [-0.1, -0.05) is 111 Å². The average Bonchev–Trinajstić information content (AvgIpc) is 3.26. The van der Waals surface area contributed by atoms with Gasteiger partial charge in [0.25, 0.3) is 0 Å². The molecule has 4 aromatic rings. The van der Waals surface area contributed by atoms with Gasteiger partial charge < -0.3 is 37.2 Å². The zero-order chi connectivity index (χ0) is 19.4. The number of hydrogen-bond acceptors (Lipinski definition) is 0. The quantitative estimate of drug-likeness (QED) is 0.163. The smallest absolute Gasteiger partial charge is 1.00 e. The van der Waals surface area contributed by atoms with E-state index >= 15 is 0 Å². The SMILES string of the molecule is CCC(C)c1ccc[c-]1C(c1ccccc1)(c1ccccc1)c1ccccc1.[Cl-].[Cl-].[Cl-].[Ti+4]. The van der Waals surface area contributed by atoms with Gasteiger partial charge in [0.05, 0.1) is 0 Å². The van der Waals surface area contributed by atoms with Crippen molar-refractivity contribution in [1.82, 2.24) is 0 Å². The maximum Gasteiger partial charge on any atom is 4.00 e. The first kappa shape index (κ1) is 30.6. The Morgan fingerprint density at radius 2 is 1.00 bits per heavy atom. The number of rotatable bonds is 6. The molecule has 164 valence electrons. The predicted octanol–water partition coefficient (Wildman–Crippen LogP) is -1.69. The summed E-state index contributed by atoms with van der Waals surface area (Å²) in [4.78, 5) is 0. The molecule has 0 spiro atoms. The fourth-order valence-electron chi connectivity index (χ4n) is 4.46. The van der Waals surface area contributed by atoms with Gasteiger partial charge >= 0.3 is 21.7 Å².